The third-order valence-corrected chi connectivity index (χ3v) is 6.46. The lowest BCUT2D eigenvalue weighted by Gasteiger charge is -2.40. The number of carbonyl (C=O) groups is 2. The van der Waals surface area contributed by atoms with E-state index in [0.717, 1.165) is 38.0 Å². The van der Waals surface area contributed by atoms with Crippen LogP contribution in [0.1, 0.15) is 37.8 Å². The SMILES string of the molecule is CC(C)NC(=O)Nc1cc(Cl)ccc1C=CC(=O)N1C2CCC1CN(Cc1ccc(F)cc1)C2. The van der Waals surface area contributed by atoms with Crippen molar-refractivity contribution < 1.29 is 14.0 Å². The number of benzene rings is 2. The molecule has 2 aromatic rings. The third-order valence-electron chi connectivity index (χ3n) is 6.22. The van der Waals surface area contributed by atoms with E-state index >= 15 is 0 Å². The Morgan fingerprint density at radius 3 is 2.44 bits per heavy atom. The molecule has 2 aliphatic rings. The molecule has 4 rings (SSSR count). The molecule has 2 heterocycles. The van der Waals surface area contributed by atoms with Gasteiger partial charge in [-0.2, -0.15) is 0 Å². The molecule has 180 valence electrons. The molecule has 3 amide bonds. The van der Waals surface area contributed by atoms with Gasteiger partial charge in [0.15, 0.2) is 0 Å². The standard InChI is InChI=1S/C26H30ClFN4O2/c1-17(2)29-26(34)30-24-13-20(27)7-5-19(24)6-12-25(33)32-22-10-11-23(32)16-31(15-22)14-18-3-8-21(28)9-4-18/h3-9,12-13,17,22-23H,10-11,14-16H2,1-2H3,(H2,29,30,34). The van der Waals surface area contributed by atoms with Crippen LogP contribution >= 0.6 is 11.6 Å². The van der Waals surface area contributed by atoms with E-state index in [0.29, 0.717) is 16.3 Å². The number of halogens is 2. The molecule has 2 unspecified atom stereocenters. The van der Waals surface area contributed by atoms with E-state index in [9.17, 15) is 14.0 Å². The van der Waals surface area contributed by atoms with Crippen LogP contribution in [0.3, 0.4) is 0 Å². The van der Waals surface area contributed by atoms with E-state index < -0.39 is 0 Å². The number of likely N-dealkylation sites (tertiary alicyclic amines) is 1. The quantitative estimate of drug-likeness (QED) is 0.573. The monoisotopic (exact) mass is 484 g/mol. The zero-order valence-electron chi connectivity index (χ0n) is 19.4. The van der Waals surface area contributed by atoms with Crippen molar-refractivity contribution in [2.45, 2.75) is 51.4 Å². The lowest BCUT2D eigenvalue weighted by molar-refractivity contribution is -0.131. The lowest BCUT2D eigenvalue weighted by atomic mass is 10.1. The van der Waals surface area contributed by atoms with E-state index in [1.807, 2.05) is 30.9 Å². The molecule has 6 nitrogen and oxygen atoms in total. The van der Waals surface area contributed by atoms with Crippen LogP contribution in [0.2, 0.25) is 5.02 Å². The maximum Gasteiger partial charge on any atom is 0.319 e. The average molecular weight is 485 g/mol. The van der Waals surface area contributed by atoms with Crippen molar-refractivity contribution in [3.63, 3.8) is 0 Å². The van der Waals surface area contributed by atoms with Crippen molar-refractivity contribution >= 4 is 35.3 Å². The molecule has 2 fully saturated rings. The Kier molecular flexibility index (Phi) is 7.54. The first kappa shape index (κ1) is 24.2. The molecule has 0 saturated carbocycles. The van der Waals surface area contributed by atoms with Crippen LogP contribution < -0.4 is 10.6 Å². The summed E-state index contributed by atoms with van der Waals surface area (Å²) in [6.45, 7) is 6.12. The lowest BCUT2D eigenvalue weighted by Crippen LogP contribution is -2.55. The van der Waals surface area contributed by atoms with Crippen LogP contribution in [0.25, 0.3) is 6.08 Å². The Balaban J connectivity index is 1.41. The van der Waals surface area contributed by atoms with Crippen LogP contribution in [-0.2, 0) is 11.3 Å². The van der Waals surface area contributed by atoms with Crippen molar-refractivity contribution in [2.24, 2.45) is 0 Å². The molecule has 2 N–H and O–H groups in total. The van der Waals surface area contributed by atoms with Gasteiger partial charge in [0.05, 0.1) is 5.69 Å². The molecular weight excluding hydrogens is 455 g/mol. The first-order valence-electron chi connectivity index (χ1n) is 11.6. The molecule has 0 aliphatic carbocycles. The van der Waals surface area contributed by atoms with Crippen LogP contribution in [0, 0.1) is 5.82 Å². The predicted octanol–water partition coefficient (Wildman–Crippen LogP) is 4.90. The van der Waals surface area contributed by atoms with Crippen molar-refractivity contribution in [2.75, 3.05) is 18.4 Å². The summed E-state index contributed by atoms with van der Waals surface area (Å²) < 4.78 is 13.2. The zero-order valence-corrected chi connectivity index (χ0v) is 20.2. The van der Waals surface area contributed by atoms with Crippen molar-refractivity contribution in [1.29, 1.82) is 0 Å². The number of amides is 3. The molecule has 0 aromatic heterocycles. The summed E-state index contributed by atoms with van der Waals surface area (Å²) in [5.74, 6) is -0.257. The summed E-state index contributed by atoms with van der Waals surface area (Å²) in [4.78, 5) is 29.6. The topological polar surface area (TPSA) is 64.7 Å². The Hall–Kier alpha value is -2.90. The van der Waals surface area contributed by atoms with Gasteiger partial charge in [0.1, 0.15) is 5.82 Å². The molecule has 2 saturated heterocycles. The molecule has 2 aromatic carbocycles. The average Bonchev–Trinajstić information content (AvgIpc) is 3.04. The number of anilines is 1. The fourth-order valence-corrected chi connectivity index (χ4v) is 4.95. The second-order valence-corrected chi connectivity index (χ2v) is 9.71. The summed E-state index contributed by atoms with van der Waals surface area (Å²) in [7, 11) is 0. The zero-order chi connectivity index (χ0) is 24.2. The van der Waals surface area contributed by atoms with Gasteiger partial charge in [-0.25, -0.2) is 9.18 Å². The van der Waals surface area contributed by atoms with Gasteiger partial charge in [-0.15, -0.1) is 0 Å². The normalized spacial score (nSPS) is 20.2. The minimum absolute atomic E-state index is 0.00282. The molecule has 8 heteroatoms. The molecule has 2 atom stereocenters. The van der Waals surface area contributed by atoms with Gasteiger partial charge in [0.2, 0.25) is 5.91 Å². The van der Waals surface area contributed by atoms with Crippen molar-refractivity contribution in [1.82, 2.24) is 15.1 Å². The Morgan fingerprint density at radius 1 is 1.12 bits per heavy atom. The van der Waals surface area contributed by atoms with E-state index in [1.165, 1.54) is 12.1 Å². The van der Waals surface area contributed by atoms with Gasteiger partial charge in [0.25, 0.3) is 0 Å². The highest BCUT2D eigenvalue weighted by Crippen LogP contribution is 2.31. The summed E-state index contributed by atoms with van der Waals surface area (Å²) in [5.41, 5.74) is 2.32. The number of rotatable bonds is 6. The Morgan fingerprint density at radius 2 is 1.79 bits per heavy atom. The van der Waals surface area contributed by atoms with Crippen LogP contribution in [0.15, 0.2) is 48.5 Å². The second kappa shape index (κ2) is 10.6. The number of carbonyl (C=O) groups excluding carboxylic acids is 2. The first-order chi connectivity index (χ1) is 16.3. The number of hydrogen-bond acceptors (Lipinski definition) is 3. The van der Waals surface area contributed by atoms with Gasteiger partial charge in [0, 0.05) is 48.9 Å². The van der Waals surface area contributed by atoms with Gasteiger partial charge >= 0.3 is 6.03 Å². The highest BCUT2D eigenvalue weighted by Gasteiger charge is 2.41. The Labute approximate surface area is 204 Å². The summed E-state index contributed by atoms with van der Waals surface area (Å²) in [6, 6.07) is 11.8. The maximum absolute atomic E-state index is 13.2. The smallest absolute Gasteiger partial charge is 0.319 e. The fraction of sp³-hybridized carbons (Fsp3) is 0.385. The van der Waals surface area contributed by atoms with E-state index in [-0.39, 0.29) is 35.9 Å². The van der Waals surface area contributed by atoms with Gasteiger partial charge in [-0.3, -0.25) is 9.69 Å². The molecule has 34 heavy (non-hydrogen) atoms. The number of urea groups is 1. The van der Waals surface area contributed by atoms with Gasteiger partial charge < -0.3 is 15.5 Å². The number of hydrogen-bond donors (Lipinski definition) is 2. The molecule has 0 spiro atoms. The maximum atomic E-state index is 13.2. The largest absolute Gasteiger partial charge is 0.336 e. The highest BCUT2D eigenvalue weighted by molar-refractivity contribution is 6.31. The molecular formula is C26H30ClFN4O2. The third kappa shape index (κ3) is 5.96. The number of nitrogens with zero attached hydrogens (tertiary/aromatic N) is 2. The van der Waals surface area contributed by atoms with Crippen LogP contribution in [0.4, 0.5) is 14.9 Å². The van der Waals surface area contributed by atoms with E-state index in [1.54, 1.807) is 30.4 Å². The van der Waals surface area contributed by atoms with Gasteiger partial charge in [-0.1, -0.05) is 29.8 Å². The summed E-state index contributed by atoms with van der Waals surface area (Å²) in [5, 5.41) is 6.09. The summed E-state index contributed by atoms with van der Waals surface area (Å²) >= 11 is 6.12. The molecule has 2 aliphatic heterocycles. The first-order valence-corrected chi connectivity index (χ1v) is 12.0. The Bertz CT molecular complexity index is 1060. The minimum Gasteiger partial charge on any atom is -0.336 e. The molecule has 2 bridgehead atoms. The van der Waals surface area contributed by atoms with Crippen molar-refractivity contribution in [3.05, 3.63) is 70.5 Å². The number of nitrogens with one attached hydrogen (secondary N) is 2. The number of fused-ring (bicyclic) bond motifs is 2. The van der Waals surface area contributed by atoms with Crippen LogP contribution in [0.5, 0.6) is 0 Å². The van der Waals surface area contributed by atoms with Gasteiger partial charge in [-0.05, 0) is 68.2 Å². The predicted molar refractivity (Wildman–Crippen MR) is 133 cm³/mol. The van der Waals surface area contributed by atoms with Crippen molar-refractivity contribution in [3.8, 4) is 0 Å². The summed E-state index contributed by atoms with van der Waals surface area (Å²) in [6.07, 6.45) is 5.27. The van der Waals surface area contributed by atoms with E-state index in [4.69, 9.17) is 11.6 Å². The molecule has 0 radical (unpaired) electrons. The highest BCUT2D eigenvalue weighted by atomic mass is 35.5. The minimum atomic E-state index is -0.325. The van der Waals surface area contributed by atoms with E-state index in [2.05, 4.69) is 15.5 Å². The second-order valence-electron chi connectivity index (χ2n) is 9.27. The number of piperazine rings is 1. The van der Waals surface area contributed by atoms with Crippen LogP contribution in [-0.4, -0.2) is 53.0 Å². The fourth-order valence-electron chi connectivity index (χ4n) is 4.78.